The van der Waals surface area contributed by atoms with E-state index >= 15 is 0 Å². The highest BCUT2D eigenvalue weighted by Crippen LogP contribution is 2.21. The van der Waals surface area contributed by atoms with Gasteiger partial charge in [0.25, 0.3) is 0 Å². The van der Waals surface area contributed by atoms with Gasteiger partial charge in [-0.25, -0.2) is 0 Å². The van der Waals surface area contributed by atoms with Crippen LogP contribution in [-0.2, 0) is 6.54 Å². The molecule has 2 aromatic rings. The van der Waals surface area contributed by atoms with Crippen LogP contribution in [0.15, 0.2) is 36.5 Å². The molecular weight excluding hydrogens is 250 g/mol. The molecule has 3 rings (SSSR count). The van der Waals surface area contributed by atoms with Crippen LogP contribution in [0.1, 0.15) is 11.4 Å². The normalized spacial score (nSPS) is 15.2. The third-order valence-corrected chi connectivity index (χ3v) is 3.53. The lowest BCUT2D eigenvalue weighted by molar-refractivity contribution is 0.380. The summed E-state index contributed by atoms with van der Waals surface area (Å²) in [5.74, 6) is 1.67. The molecule has 1 fully saturated rings. The predicted molar refractivity (Wildman–Crippen MR) is 78.4 cm³/mol. The van der Waals surface area contributed by atoms with Crippen LogP contribution in [-0.4, -0.2) is 34.8 Å². The van der Waals surface area contributed by atoms with E-state index < -0.39 is 0 Å². The van der Waals surface area contributed by atoms with Crippen molar-refractivity contribution in [2.75, 3.05) is 24.5 Å². The zero-order valence-corrected chi connectivity index (χ0v) is 11.7. The van der Waals surface area contributed by atoms with E-state index in [0.29, 0.717) is 5.92 Å². The van der Waals surface area contributed by atoms with Gasteiger partial charge >= 0.3 is 0 Å². The molecule has 5 nitrogen and oxygen atoms in total. The second-order valence-electron chi connectivity index (χ2n) is 5.26. The molecule has 1 saturated heterocycles. The number of aryl methyl sites for hydroxylation is 1. The van der Waals surface area contributed by atoms with Crippen molar-refractivity contribution in [2.45, 2.75) is 13.5 Å². The van der Waals surface area contributed by atoms with E-state index in [1.807, 2.05) is 43.5 Å². The summed E-state index contributed by atoms with van der Waals surface area (Å²) in [5.41, 5.74) is 2.05. The van der Waals surface area contributed by atoms with Gasteiger partial charge in [0, 0.05) is 38.3 Å². The Bertz CT molecular complexity index is 534. The average molecular weight is 269 g/mol. The minimum absolute atomic E-state index is 0.682. The molecule has 1 N–H and O–H groups in total. The first-order chi connectivity index (χ1) is 9.81. The third-order valence-electron chi connectivity index (χ3n) is 3.53. The molecule has 0 radical (unpaired) electrons. The summed E-state index contributed by atoms with van der Waals surface area (Å²) in [7, 11) is 0. The lowest BCUT2D eigenvalue weighted by Gasteiger charge is -2.40. The predicted octanol–water partition coefficient (Wildman–Crippen LogP) is 1.41. The largest absolute Gasteiger partial charge is 0.354 e. The van der Waals surface area contributed by atoms with Crippen LogP contribution < -0.4 is 10.2 Å². The van der Waals surface area contributed by atoms with Gasteiger partial charge in [-0.05, 0) is 31.2 Å². The summed E-state index contributed by atoms with van der Waals surface area (Å²) in [6.07, 6.45) is 1.83. The highest BCUT2D eigenvalue weighted by molar-refractivity contribution is 5.40. The Morgan fingerprint density at radius 2 is 2.10 bits per heavy atom. The molecule has 0 aliphatic carbocycles. The molecule has 0 amide bonds. The minimum Gasteiger partial charge on any atom is -0.354 e. The van der Waals surface area contributed by atoms with Crippen molar-refractivity contribution in [2.24, 2.45) is 5.92 Å². The fourth-order valence-electron chi connectivity index (χ4n) is 2.35. The molecule has 2 aromatic heterocycles. The minimum atomic E-state index is 0.682. The van der Waals surface area contributed by atoms with Crippen molar-refractivity contribution >= 4 is 5.82 Å². The molecule has 1 aliphatic heterocycles. The quantitative estimate of drug-likeness (QED) is 0.889. The summed E-state index contributed by atoms with van der Waals surface area (Å²) < 4.78 is 0. The summed E-state index contributed by atoms with van der Waals surface area (Å²) in [6, 6.07) is 10.1. The number of anilines is 1. The maximum Gasteiger partial charge on any atom is 0.151 e. The van der Waals surface area contributed by atoms with Gasteiger partial charge in [0.1, 0.15) is 0 Å². The van der Waals surface area contributed by atoms with Gasteiger partial charge in [-0.2, -0.15) is 5.10 Å². The summed E-state index contributed by atoms with van der Waals surface area (Å²) in [5, 5.41) is 11.8. The Balaban J connectivity index is 1.39. The maximum atomic E-state index is 4.30. The number of nitrogens with zero attached hydrogens (tertiary/aromatic N) is 4. The fourth-order valence-corrected chi connectivity index (χ4v) is 2.35. The smallest absolute Gasteiger partial charge is 0.151 e. The van der Waals surface area contributed by atoms with Crippen LogP contribution in [0.25, 0.3) is 0 Å². The third kappa shape index (κ3) is 3.11. The number of hydrogen-bond acceptors (Lipinski definition) is 5. The molecule has 0 aromatic carbocycles. The highest BCUT2D eigenvalue weighted by atomic mass is 15.3. The number of aromatic nitrogens is 3. The van der Waals surface area contributed by atoms with Crippen molar-refractivity contribution in [3.63, 3.8) is 0 Å². The second kappa shape index (κ2) is 5.96. The molecule has 0 spiro atoms. The number of nitrogens with one attached hydrogen (secondary N) is 1. The molecule has 104 valence electrons. The Labute approximate surface area is 119 Å². The van der Waals surface area contributed by atoms with Crippen molar-refractivity contribution in [3.8, 4) is 0 Å². The molecule has 3 heterocycles. The summed E-state index contributed by atoms with van der Waals surface area (Å²) in [6.45, 7) is 5.91. The Hall–Kier alpha value is -2.01. The van der Waals surface area contributed by atoms with E-state index in [1.165, 1.54) is 0 Å². The number of rotatable bonds is 5. The average Bonchev–Trinajstić information content (AvgIpc) is 2.44. The molecule has 0 bridgehead atoms. The van der Waals surface area contributed by atoms with Crippen LogP contribution in [0, 0.1) is 12.8 Å². The van der Waals surface area contributed by atoms with Gasteiger partial charge in [-0.3, -0.25) is 4.98 Å². The van der Waals surface area contributed by atoms with E-state index in [4.69, 9.17) is 0 Å². The van der Waals surface area contributed by atoms with Gasteiger partial charge in [0.2, 0.25) is 0 Å². The van der Waals surface area contributed by atoms with Crippen molar-refractivity contribution in [3.05, 3.63) is 47.9 Å². The maximum absolute atomic E-state index is 4.30. The summed E-state index contributed by atoms with van der Waals surface area (Å²) >= 11 is 0. The van der Waals surface area contributed by atoms with Gasteiger partial charge < -0.3 is 10.2 Å². The van der Waals surface area contributed by atoms with Gasteiger partial charge in [0.05, 0.1) is 11.4 Å². The number of pyridine rings is 1. The molecule has 0 saturated carbocycles. The van der Waals surface area contributed by atoms with Crippen molar-refractivity contribution in [1.82, 2.24) is 20.5 Å². The van der Waals surface area contributed by atoms with Crippen LogP contribution in [0.3, 0.4) is 0 Å². The van der Waals surface area contributed by atoms with E-state index in [1.54, 1.807) is 0 Å². The van der Waals surface area contributed by atoms with Crippen LogP contribution >= 0.6 is 0 Å². The molecule has 5 heteroatoms. The van der Waals surface area contributed by atoms with Crippen molar-refractivity contribution < 1.29 is 0 Å². The zero-order chi connectivity index (χ0) is 13.8. The monoisotopic (exact) mass is 269 g/mol. The summed E-state index contributed by atoms with van der Waals surface area (Å²) in [4.78, 5) is 6.56. The van der Waals surface area contributed by atoms with Crippen LogP contribution in [0.5, 0.6) is 0 Å². The highest BCUT2D eigenvalue weighted by Gasteiger charge is 2.27. The Morgan fingerprint density at radius 3 is 2.80 bits per heavy atom. The van der Waals surface area contributed by atoms with Gasteiger partial charge in [-0.1, -0.05) is 6.07 Å². The van der Waals surface area contributed by atoms with E-state index in [2.05, 4.69) is 25.4 Å². The van der Waals surface area contributed by atoms with Gasteiger partial charge in [-0.15, -0.1) is 5.10 Å². The fraction of sp³-hybridized carbons (Fsp3) is 0.400. The first kappa shape index (κ1) is 13.0. The topological polar surface area (TPSA) is 53.9 Å². The van der Waals surface area contributed by atoms with Crippen LogP contribution in [0.2, 0.25) is 0 Å². The number of hydrogen-bond donors (Lipinski definition) is 1. The van der Waals surface area contributed by atoms with E-state index in [-0.39, 0.29) is 0 Å². The first-order valence-electron chi connectivity index (χ1n) is 6.97. The molecule has 0 unspecified atom stereocenters. The molecule has 0 atom stereocenters. The van der Waals surface area contributed by atoms with Gasteiger partial charge in [0.15, 0.2) is 5.82 Å². The standard InChI is InChI=1S/C15H19N5/c1-12-5-6-15(19-18-12)20-10-13(11-20)8-16-9-14-4-2-3-7-17-14/h2-7,13,16H,8-11H2,1H3. The Kier molecular flexibility index (Phi) is 3.87. The lowest BCUT2D eigenvalue weighted by Crippen LogP contribution is -2.51. The molecule has 20 heavy (non-hydrogen) atoms. The Morgan fingerprint density at radius 1 is 1.20 bits per heavy atom. The second-order valence-corrected chi connectivity index (χ2v) is 5.26. The zero-order valence-electron chi connectivity index (χ0n) is 11.7. The first-order valence-corrected chi connectivity index (χ1v) is 6.97. The van der Waals surface area contributed by atoms with Crippen LogP contribution in [0.4, 0.5) is 5.82 Å². The molecule has 1 aliphatic rings. The van der Waals surface area contributed by atoms with Crippen molar-refractivity contribution in [1.29, 1.82) is 0 Å². The van der Waals surface area contributed by atoms with E-state index in [0.717, 1.165) is 43.4 Å². The lowest BCUT2D eigenvalue weighted by atomic mass is 10.0. The molecular formula is C15H19N5. The SMILES string of the molecule is Cc1ccc(N2CC(CNCc3ccccn3)C2)nn1. The van der Waals surface area contributed by atoms with E-state index in [9.17, 15) is 0 Å².